The van der Waals surface area contributed by atoms with Gasteiger partial charge in [-0.1, -0.05) is 25.5 Å². The summed E-state index contributed by atoms with van der Waals surface area (Å²) in [6.45, 7) is 7.04. The Kier molecular flexibility index (Phi) is 3.08. The Bertz CT molecular complexity index is 600. The molecular weight excluding hydrogens is 300 g/mol. The van der Waals surface area contributed by atoms with Gasteiger partial charge in [-0.05, 0) is 63.2 Å². The summed E-state index contributed by atoms with van der Waals surface area (Å²) in [5.74, 6) is 1.98. The summed E-state index contributed by atoms with van der Waals surface area (Å²) in [4.78, 5) is 0. The smallest absolute Gasteiger partial charge is 0.100 e. The second kappa shape index (κ2) is 4.66. The summed E-state index contributed by atoms with van der Waals surface area (Å²) in [7, 11) is 0. The summed E-state index contributed by atoms with van der Waals surface area (Å²) in [5.41, 5.74) is 1.71. The van der Waals surface area contributed by atoms with E-state index in [9.17, 15) is 10.2 Å². The molecule has 9 atom stereocenters. The number of aliphatic hydroxyl groups is 2. The molecule has 4 fully saturated rings. The molecule has 5 aliphatic rings. The van der Waals surface area contributed by atoms with Gasteiger partial charge in [-0.15, -0.1) is 0 Å². The Hall–Kier alpha value is -0.380. The van der Waals surface area contributed by atoms with Crippen LogP contribution in [-0.4, -0.2) is 34.1 Å². The Morgan fingerprint density at radius 2 is 1.83 bits per heavy atom. The summed E-state index contributed by atoms with van der Waals surface area (Å²) in [6, 6.07) is 0. The van der Waals surface area contributed by atoms with Crippen LogP contribution >= 0.6 is 0 Å². The fourth-order valence-corrected chi connectivity index (χ4v) is 7.88. The molecule has 24 heavy (non-hydrogen) atoms. The van der Waals surface area contributed by atoms with Crippen LogP contribution in [0.15, 0.2) is 11.6 Å². The molecule has 3 heteroatoms. The van der Waals surface area contributed by atoms with Gasteiger partial charge in [-0.3, -0.25) is 0 Å². The summed E-state index contributed by atoms with van der Waals surface area (Å²) < 4.78 is 6.19. The van der Waals surface area contributed by atoms with Crippen LogP contribution in [0.3, 0.4) is 0 Å². The first-order valence-corrected chi connectivity index (χ1v) is 10.1. The normalized spacial score (nSPS) is 61.8. The number of allylic oxidation sites excluding steroid dienone is 1. The lowest BCUT2D eigenvalue weighted by molar-refractivity contribution is -0.107. The lowest BCUT2D eigenvalue weighted by Crippen LogP contribution is -2.56. The molecule has 5 rings (SSSR count). The van der Waals surface area contributed by atoms with Crippen LogP contribution in [-0.2, 0) is 4.74 Å². The summed E-state index contributed by atoms with van der Waals surface area (Å²) >= 11 is 0. The Morgan fingerprint density at radius 1 is 1.12 bits per heavy atom. The molecule has 1 saturated heterocycles. The van der Waals surface area contributed by atoms with Crippen LogP contribution < -0.4 is 0 Å². The van der Waals surface area contributed by atoms with Crippen LogP contribution in [0.25, 0.3) is 0 Å². The maximum Gasteiger partial charge on any atom is 0.100 e. The molecule has 1 aliphatic heterocycles. The van der Waals surface area contributed by atoms with E-state index in [0.29, 0.717) is 29.8 Å². The zero-order chi connectivity index (χ0) is 16.9. The van der Waals surface area contributed by atoms with Crippen LogP contribution in [0, 0.1) is 28.6 Å². The van der Waals surface area contributed by atoms with Gasteiger partial charge in [0, 0.05) is 17.3 Å². The van der Waals surface area contributed by atoms with E-state index in [-0.39, 0.29) is 17.1 Å². The highest BCUT2D eigenvalue weighted by atomic mass is 16.6. The van der Waals surface area contributed by atoms with Crippen molar-refractivity contribution in [1.82, 2.24) is 0 Å². The first-order chi connectivity index (χ1) is 11.3. The van der Waals surface area contributed by atoms with Gasteiger partial charge in [0.1, 0.15) is 5.60 Å². The van der Waals surface area contributed by atoms with E-state index in [1.54, 1.807) is 0 Å². The minimum absolute atomic E-state index is 0.116. The molecule has 0 aromatic heterocycles. The quantitative estimate of drug-likeness (QED) is 0.528. The highest BCUT2D eigenvalue weighted by Crippen LogP contribution is 2.72. The van der Waals surface area contributed by atoms with Gasteiger partial charge in [-0.25, -0.2) is 0 Å². The Morgan fingerprint density at radius 3 is 2.54 bits per heavy atom. The monoisotopic (exact) mass is 332 g/mol. The first-order valence-electron chi connectivity index (χ1n) is 10.1. The van der Waals surface area contributed by atoms with E-state index >= 15 is 0 Å². The number of ether oxygens (including phenoxy) is 1. The van der Waals surface area contributed by atoms with Crippen molar-refractivity contribution in [2.24, 2.45) is 28.6 Å². The molecule has 0 aromatic carbocycles. The average Bonchev–Trinajstić information content (AvgIpc) is 3.09. The fourth-order valence-electron chi connectivity index (χ4n) is 7.88. The highest BCUT2D eigenvalue weighted by molar-refractivity contribution is 5.29. The lowest BCUT2D eigenvalue weighted by atomic mass is 9.46. The number of aliphatic hydroxyl groups excluding tert-OH is 2. The van der Waals surface area contributed by atoms with Crippen molar-refractivity contribution >= 4 is 0 Å². The molecule has 3 saturated carbocycles. The van der Waals surface area contributed by atoms with Crippen molar-refractivity contribution in [2.75, 3.05) is 0 Å². The van der Waals surface area contributed by atoms with Crippen LogP contribution in [0.2, 0.25) is 0 Å². The molecular formula is C21H32O3. The topological polar surface area (TPSA) is 53.0 Å². The van der Waals surface area contributed by atoms with E-state index in [4.69, 9.17) is 4.74 Å². The number of hydrogen-bond acceptors (Lipinski definition) is 3. The Balaban J connectivity index is 1.52. The number of hydrogen-bond donors (Lipinski definition) is 2. The van der Waals surface area contributed by atoms with E-state index in [0.717, 1.165) is 18.8 Å². The predicted molar refractivity (Wildman–Crippen MR) is 92.4 cm³/mol. The molecule has 0 radical (unpaired) electrons. The van der Waals surface area contributed by atoms with Gasteiger partial charge in [0.15, 0.2) is 0 Å². The molecule has 0 amide bonds. The molecule has 3 nitrogen and oxygen atoms in total. The van der Waals surface area contributed by atoms with Gasteiger partial charge in [-0.2, -0.15) is 0 Å². The second-order valence-electron chi connectivity index (χ2n) is 9.88. The van der Waals surface area contributed by atoms with Crippen molar-refractivity contribution in [1.29, 1.82) is 0 Å². The molecule has 1 heterocycles. The Labute approximate surface area is 145 Å². The van der Waals surface area contributed by atoms with E-state index in [2.05, 4.69) is 26.8 Å². The third-order valence-corrected chi connectivity index (χ3v) is 9.35. The highest BCUT2D eigenvalue weighted by Gasteiger charge is 2.73. The van der Waals surface area contributed by atoms with Gasteiger partial charge in [0.05, 0.1) is 18.3 Å². The van der Waals surface area contributed by atoms with Crippen LogP contribution in [0.1, 0.15) is 65.7 Å². The van der Waals surface area contributed by atoms with Gasteiger partial charge in [0.25, 0.3) is 0 Å². The standard InChI is InChI=1S/C21H32O3/c1-12-21(24-12)9-7-16-15-5-4-13-10-14(22)11-18(23)20(13,3)17(15)6-8-19(16,21)2/h4,12,14-18,22-23H,5-11H2,1-3H3/t12-,14?,15?,16?,17?,18-,19?,20?,21-/m0/s1. The van der Waals surface area contributed by atoms with Gasteiger partial charge >= 0.3 is 0 Å². The molecule has 2 N–H and O–H groups in total. The molecule has 0 aromatic rings. The molecule has 0 bridgehead atoms. The maximum absolute atomic E-state index is 10.9. The molecule has 4 aliphatic carbocycles. The second-order valence-corrected chi connectivity index (χ2v) is 9.88. The van der Waals surface area contributed by atoms with Crippen LogP contribution in [0.4, 0.5) is 0 Å². The zero-order valence-electron chi connectivity index (χ0n) is 15.3. The molecule has 134 valence electrons. The van der Waals surface area contributed by atoms with Crippen molar-refractivity contribution in [2.45, 2.75) is 89.6 Å². The van der Waals surface area contributed by atoms with Gasteiger partial charge in [0.2, 0.25) is 0 Å². The first kappa shape index (κ1) is 15.8. The third kappa shape index (κ3) is 1.65. The minimum atomic E-state index is -0.392. The average molecular weight is 332 g/mol. The third-order valence-electron chi connectivity index (χ3n) is 9.35. The van der Waals surface area contributed by atoms with E-state index < -0.39 is 6.10 Å². The summed E-state index contributed by atoms with van der Waals surface area (Å²) in [5, 5.41) is 21.0. The number of fused-ring (bicyclic) bond motifs is 6. The van der Waals surface area contributed by atoms with Crippen molar-refractivity contribution in [3.63, 3.8) is 0 Å². The fraction of sp³-hybridized carbons (Fsp3) is 0.905. The van der Waals surface area contributed by atoms with E-state index in [1.165, 1.54) is 31.3 Å². The van der Waals surface area contributed by atoms with E-state index in [1.807, 2.05) is 0 Å². The van der Waals surface area contributed by atoms with Crippen molar-refractivity contribution < 1.29 is 14.9 Å². The van der Waals surface area contributed by atoms with Crippen molar-refractivity contribution in [3.8, 4) is 0 Å². The summed E-state index contributed by atoms with van der Waals surface area (Å²) in [6.07, 6.45) is 9.48. The maximum atomic E-state index is 10.9. The number of epoxide rings is 1. The predicted octanol–water partition coefficient (Wildman–Crippen LogP) is 3.44. The largest absolute Gasteiger partial charge is 0.393 e. The zero-order valence-corrected chi connectivity index (χ0v) is 15.3. The molecule has 1 spiro atoms. The van der Waals surface area contributed by atoms with Crippen LogP contribution in [0.5, 0.6) is 0 Å². The molecule has 6 unspecified atom stereocenters. The minimum Gasteiger partial charge on any atom is -0.393 e. The number of rotatable bonds is 0. The van der Waals surface area contributed by atoms with Crippen molar-refractivity contribution in [3.05, 3.63) is 11.6 Å². The SMILES string of the molecule is C[C@@H]1O[C@@]12CCC1C3CC=C4CC(O)C[C@H](O)C4(C)C3CCC12C. The lowest BCUT2D eigenvalue weighted by Gasteiger charge is -2.59. The van der Waals surface area contributed by atoms with Gasteiger partial charge < -0.3 is 14.9 Å².